The minimum atomic E-state index is -0.450. The summed E-state index contributed by atoms with van der Waals surface area (Å²) in [5.41, 5.74) is 1.66. The second-order valence-corrected chi connectivity index (χ2v) is 6.35. The third-order valence-corrected chi connectivity index (χ3v) is 4.39. The zero-order chi connectivity index (χ0) is 19.3. The summed E-state index contributed by atoms with van der Waals surface area (Å²) in [5, 5.41) is 13.7. The number of hydrogen-bond donors (Lipinski definition) is 2. The highest BCUT2D eigenvalue weighted by atomic mass is 16.5. The van der Waals surface area contributed by atoms with Gasteiger partial charge in [0.25, 0.3) is 5.91 Å². The number of carbonyl (C=O) groups excluding carboxylic acids is 1. The normalized spacial score (nSPS) is 11.9. The van der Waals surface area contributed by atoms with Gasteiger partial charge in [-0.1, -0.05) is 60.7 Å². The quantitative estimate of drug-likeness (QED) is 0.525. The van der Waals surface area contributed by atoms with Crippen LogP contribution < -0.4 is 10.1 Å². The maximum absolute atomic E-state index is 12.5. The SMILES string of the molecule is O=C(COc1ccccc1O)NC(c1ccccc1)c1cc2ccccc2o1. The second-order valence-electron chi connectivity index (χ2n) is 6.35. The molecule has 1 aromatic heterocycles. The van der Waals surface area contributed by atoms with Crippen LogP contribution in [0.15, 0.2) is 89.3 Å². The average Bonchev–Trinajstić information content (AvgIpc) is 3.16. The third kappa shape index (κ3) is 3.83. The predicted octanol–water partition coefficient (Wildman–Crippen LogP) is 4.42. The number of ether oxygens (including phenoxy) is 1. The predicted molar refractivity (Wildman–Crippen MR) is 106 cm³/mol. The van der Waals surface area contributed by atoms with Gasteiger partial charge in [-0.3, -0.25) is 4.79 Å². The molecular weight excluding hydrogens is 354 g/mol. The van der Waals surface area contributed by atoms with Crippen LogP contribution in [0.1, 0.15) is 17.4 Å². The van der Waals surface area contributed by atoms with Gasteiger partial charge in [-0.15, -0.1) is 0 Å². The molecule has 0 aliphatic heterocycles. The Balaban J connectivity index is 1.56. The van der Waals surface area contributed by atoms with Crippen LogP contribution in [0.25, 0.3) is 11.0 Å². The maximum Gasteiger partial charge on any atom is 0.258 e. The first kappa shape index (κ1) is 17.7. The number of phenols is 1. The van der Waals surface area contributed by atoms with Gasteiger partial charge in [-0.05, 0) is 29.8 Å². The van der Waals surface area contributed by atoms with Crippen LogP contribution in [0.3, 0.4) is 0 Å². The Morgan fingerprint density at radius 2 is 1.68 bits per heavy atom. The molecule has 0 fully saturated rings. The second kappa shape index (κ2) is 7.88. The number of para-hydroxylation sites is 3. The monoisotopic (exact) mass is 373 g/mol. The first-order chi connectivity index (χ1) is 13.7. The molecule has 0 aliphatic carbocycles. The van der Waals surface area contributed by atoms with E-state index in [9.17, 15) is 9.90 Å². The molecule has 140 valence electrons. The van der Waals surface area contributed by atoms with Gasteiger partial charge in [0.1, 0.15) is 17.4 Å². The molecule has 0 saturated heterocycles. The summed E-state index contributed by atoms with van der Waals surface area (Å²) in [6.07, 6.45) is 0. The Bertz CT molecular complexity index is 1050. The molecule has 2 N–H and O–H groups in total. The number of aromatic hydroxyl groups is 1. The summed E-state index contributed by atoms with van der Waals surface area (Å²) in [6, 6.07) is 25.3. The Kier molecular flexibility index (Phi) is 4.97. The molecule has 4 rings (SSSR count). The third-order valence-electron chi connectivity index (χ3n) is 4.39. The molecular formula is C23H19NO4. The van der Waals surface area contributed by atoms with Crippen molar-refractivity contribution in [2.45, 2.75) is 6.04 Å². The van der Waals surface area contributed by atoms with Gasteiger partial charge in [0.15, 0.2) is 18.1 Å². The van der Waals surface area contributed by atoms with Crippen molar-refractivity contribution in [3.8, 4) is 11.5 Å². The van der Waals surface area contributed by atoms with Crippen molar-refractivity contribution in [2.24, 2.45) is 0 Å². The van der Waals surface area contributed by atoms with Gasteiger partial charge < -0.3 is 19.6 Å². The highest BCUT2D eigenvalue weighted by Crippen LogP contribution is 2.28. The van der Waals surface area contributed by atoms with E-state index in [0.717, 1.165) is 16.5 Å². The molecule has 0 aliphatic rings. The fraction of sp³-hybridized carbons (Fsp3) is 0.0870. The Morgan fingerprint density at radius 1 is 0.964 bits per heavy atom. The van der Waals surface area contributed by atoms with Gasteiger partial charge in [0.2, 0.25) is 0 Å². The van der Waals surface area contributed by atoms with E-state index in [0.29, 0.717) is 5.76 Å². The lowest BCUT2D eigenvalue weighted by Crippen LogP contribution is -2.33. The lowest BCUT2D eigenvalue weighted by molar-refractivity contribution is -0.123. The van der Waals surface area contributed by atoms with Crippen molar-refractivity contribution < 1.29 is 19.1 Å². The topological polar surface area (TPSA) is 71.7 Å². The molecule has 1 amide bonds. The average molecular weight is 373 g/mol. The number of hydrogen-bond acceptors (Lipinski definition) is 4. The zero-order valence-corrected chi connectivity index (χ0v) is 15.0. The molecule has 0 spiro atoms. The molecule has 0 radical (unpaired) electrons. The number of furan rings is 1. The van der Waals surface area contributed by atoms with Crippen molar-refractivity contribution in [1.29, 1.82) is 0 Å². The highest BCUT2D eigenvalue weighted by Gasteiger charge is 2.21. The summed E-state index contributed by atoms with van der Waals surface area (Å²) in [7, 11) is 0. The summed E-state index contributed by atoms with van der Waals surface area (Å²) in [5.74, 6) is 0.575. The largest absolute Gasteiger partial charge is 0.504 e. The van der Waals surface area contributed by atoms with Crippen LogP contribution in [-0.4, -0.2) is 17.6 Å². The van der Waals surface area contributed by atoms with E-state index in [-0.39, 0.29) is 24.0 Å². The van der Waals surface area contributed by atoms with E-state index in [1.807, 2.05) is 60.7 Å². The van der Waals surface area contributed by atoms with Gasteiger partial charge in [-0.2, -0.15) is 0 Å². The van der Waals surface area contributed by atoms with Crippen molar-refractivity contribution in [2.75, 3.05) is 6.61 Å². The molecule has 5 heteroatoms. The van der Waals surface area contributed by atoms with Crippen LogP contribution in [0.2, 0.25) is 0 Å². The number of amides is 1. The smallest absolute Gasteiger partial charge is 0.258 e. The number of fused-ring (bicyclic) bond motifs is 1. The van der Waals surface area contributed by atoms with Crippen molar-refractivity contribution >= 4 is 16.9 Å². The van der Waals surface area contributed by atoms with E-state index in [2.05, 4.69) is 5.32 Å². The fourth-order valence-corrected chi connectivity index (χ4v) is 3.03. The summed E-state index contributed by atoms with van der Waals surface area (Å²) in [6.45, 7) is -0.221. The van der Waals surface area contributed by atoms with Crippen molar-refractivity contribution in [3.05, 3.63) is 96.3 Å². The van der Waals surface area contributed by atoms with E-state index < -0.39 is 6.04 Å². The van der Waals surface area contributed by atoms with Crippen LogP contribution in [0, 0.1) is 0 Å². The lowest BCUT2D eigenvalue weighted by Gasteiger charge is -2.17. The van der Waals surface area contributed by atoms with E-state index in [1.165, 1.54) is 6.07 Å². The minimum Gasteiger partial charge on any atom is -0.504 e. The van der Waals surface area contributed by atoms with E-state index in [4.69, 9.17) is 9.15 Å². The molecule has 3 aromatic carbocycles. The van der Waals surface area contributed by atoms with Crippen LogP contribution in [0.5, 0.6) is 11.5 Å². The molecule has 0 saturated carbocycles. The number of carbonyl (C=O) groups is 1. The summed E-state index contributed by atoms with van der Waals surface area (Å²) < 4.78 is 11.4. The standard InChI is InChI=1S/C23H19NO4/c25-18-11-5-7-13-20(18)27-15-22(26)24-23(16-8-2-1-3-9-16)21-14-17-10-4-6-12-19(17)28-21/h1-14,23,25H,15H2,(H,24,26). The maximum atomic E-state index is 12.5. The summed E-state index contributed by atoms with van der Waals surface area (Å²) in [4.78, 5) is 12.5. The fourth-order valence-electron chi connectivity index (χ4n) is 3.03. The first-order valence-electron chi connectivity index (χ1n) is 8.94. The Hall–Kier alpha value is -3.73. The van der Waals surface area contributed by atoms with Gasteiger partial charge in [0, 0.05) is 5.39 Å². The van der Waals surface area contributed by atoms with Gasteiger partial charge in [0.05, 0.1) is 0 Å². The van der Waals surface area contributed by atoms with E-state index in [1.54, 1.807) is 18.2 Å². The molecule has 28 heavy (non-hydrogen) atoms. The molecule has 0 bridgehead atoms. The van der Waals surface area contributed by atoms with Crippen LogP contribution in [0.4, 0.5) is 0 Å². The van der Waals surface area contributed by atoms with E-state index >= 15 is 0 Å². The lowest BCUT2D eigenvalue weighted by atomic mass is 10.0. The van der Waals surface area contributed by atoms with Gasteiger partial charge >= 0.3 is 0 Å². The number of benzene rings is 3. The number of phenolic OH excluding ortho intramolecular Hbond substituents is 1. The number of nitrogens with one attached hydrogen (secondary N) is 1. The molecule has 5 nitrogen and oxygen atoms in total. The van der Waals surface area contributed by atoms with Gasteiger partial charge in [-0.25, -0.2) is 0 Å². The number of rotatable bonds is 6. The van der Waals surface area contributed by atoms with Crippen LogP contribution >= 0.6 is 0 Å². The molecule has 1 heterocycles. The molecule has 1 unspecified atom stereocenters. The summed E-state index contributed by atoms with van der Waals surface area (Å²) >= 11 is 0. The Labute approximate surface area is 162 Å². The van der Waals surface area contributed by atoms with Crippen LogP contribution in [-0.2, 0) is 4.79 Å². The van der Waals surface area contributed by atoms with Crippen molar-refractivity contribution in [1.82, 2.24) is 5.32 Å². The first-order valence-corrected chi connectivity index (χ1v) is 8.94. The highest BCUT2D eigenvalue weighted by molar-refractivity contribution is 5.80. The Morgan fingerprint density at radius 3 is 2.46 bits per heavy atom. The van der Waals surface area contributed by atoms with Crippen molar-refractivity contribution in [3.63, 3.8) is 0 Å². The molecule has 4 aromatic rings. The molecule has 1 atom stereocenters. The minimum absolute atomic E-state index is 0.00723. The zero-order valence-electron chi connectivity index (χ0n) is 15.0.